The van der Waals surface area contributed by atoms with Gasteiger partial charge in [0.15, 0.2) is 0 Å². The number of aromatic nitrogens is 2. The predicted molar refractivity (Wildman–Crippen MR) is 86.4 cm³/mol. The Hall–Kier alpha value is -3.15. The molecule has 0 unspecified atom stereocenters. The Morgan fingerprint density at radius 3 is 2.91 bits per heavy atom. The van der Waals surface area contributed by atoms with E-state index < -0.39 is 0 Å². The van der Waals surface area contributed by atoms with Crippen molar-refractivity contribution in [3.8, 4) is 5.75 Å². The largest absolute Gasteiger partial charge is 0.507 e. The van der Waals surface area contributed by atoms with Crippen LogP contribution in [0.25, 0.3) is 10.8 Å². The number of nitrogens with zero attached hydrogens (tertiary/aromatic N) is 2. The van der Waals surface area contributed by atoms with Gasteiger partial charge in [-0.2, -0.15) is 5.10 Å². The van der Waals surface area contributed by atoms with Crippen molar-refractivity contribution in [1.82, 2.24) is 9.97 Å². The Bertz CT molecular complexity index is 915. The second kappa shape index (κ2) is 5.69. The zero-order valence-corrected chi connectivity index (χ0v) is 11.9. The van der Waals surface area contributed by atoms with Crippen LogP contribution >= 0.6 is 0 Å². The predicted octanol–water partition coefficient (Wildman–Crippen LogP) is 2.38. The normalized spacial score (nSPS) is 11.1. The molecule has 22 heavy (non-hydrogen) atoms. The molecule has 0 bridgehead atoms. The van der Waals surface area contributed by atoms with E-state index in [0.29, 0.717) is 11.3 Å². The molecular formula is C16H14N4O2. The Labute approximate surface area is 126 Å². The lowest BCUT2D eigenvalue weighted by Gasteiger charge is -2.05. The monoisotopic (exact) mass is 294 g/mol. The molecule has 6 heteroatoms. The third-order valence-electron chi connectivity index (χ3n) is 3.18. The fourth-order valence-electron chi connectivity index (χ4n) is 2.21. The molecule has 3 aromatic rings. The van der Waals surface area contributed by atoms with Crippen LogP contribution in [0.4, 0.5) is 5.95 Å². The third-order valence-corrected chi connectivity index (χ3v) is 3.18. The average molecular weight is 294 g/mol. The summed E-state index contributed by atoms with van der Waals surface area (Å²) in [6, 6.07) is 12.5. The number of benzene rings is 2. The van der Waals surface area contributed by atoms with Gasteiger partial charge in [-0.25, -0.2) is 10.4 Å². The average Bonchev–Trinajstić information content (AvgIpc) is 2.48. The maximum absolute atomic E-state index is 11.3. The van der Waals surface area contributed by atoms with Crippen LogP contribution in [0.3, 0.4) is 0 Å². The molecule has 110 valence electrons. The van der Waals surface area contributed by atoms with Crippen molar-refractivity contribution >= 4 is 22.9 Å². The number of nitrogens with one attached hydrogen (secondary N) is 2. The van der Waals surface area contributed by atoms with E-state index in [9.17, 15) is 9.90 Å². The molecule has 0 aliphatic carbocycles. The summed E-state index contributed by atoms with van der Waals surface area (Å²) < 4.78 is 0. The van der Waals surface area contributed by atoms with E-state index in [1.54, 1.807) is 13.0 Å². The van der Waals surface area contributed by atoms with Crippen molar-refractivity contribution in [2.24, 2.45) is 5.10 Å². The zero-order valence-electron chi connectivity index (χ0n) is 11.9. The maximum Gasteiger partial charge on any atom is 0.252 e. The van der Waals surface area contributed by atoms with Crippen LogP contribution in [0.15, 0.2) is 52.4 Å². The number of H-pyrrole nitrogens is 1. The summed E-state index contributed by atoms with van der Waals surface area (Å²) in [5, 5.41) is 15.9. The van der Waals surface area contributed by atoms with Crippen LogP contribution in [-0.2, 0) is 0 Å². The number of phenols is 1. The minimum Gasteiger partial charge on any atom is -0.507 e. The van der Waals surface area contributed by atoms with Crippen LogP contribution < -0.4 is 11.0 Å². The molecule has 0 saturated carbocycles. The highest BCUT2D eigenvalue weighted by atomic mass is 16.3. The number of aromatic amines is 1. The summed E-state index contributed by atoms with van der Waals surface area (Å²) in [6.45, 7) is 1.72. The number of hydrogen-bond donors (Lipinski definition) is 3. The minimum absolute atomic E-state index is 0.134. The molecule has 0 spiro atoms. The van der Waals surface area contributed by atoms with E-state index in [1.807, 2.05) is 30.3 Å². The summed E-state index contributed by atoms with van der Waals surface area (Å²) in [6.07, 6.45) is 1.50. The number of aryl methyl sites for hydroxylation is 1. The lowest BCUT2D eigenvalue weighted by atomic mass is 10.0. The number of rotatable bonds is 3. The van der Waals surface area contributed by atoms with Crippen LogP contribution in [0, 0.1) is 6.92 Å². The van der Waals surface area contributed by atoms with Gasteiger partial charge in [0, 0.05) is 17.3 Å². The van der Waals surface area contributed by atoms with Crippen LogP contribution in [-0.4, -0.2) is 21.3 Å². The van der Waals surface area contributed by atoms with Crippen molar-refractivity contribution in [2.75, 3.05) is 5.43 Å². The molecule has 0 radical (unpaired) electrons. The molecule has 6 nitrogen and oxygen atoms in total. The Balaban J connectivity index is 1.92. The van der Waals surface area contributed by atoms with Gasteiger partial charge in [0.05, 0.1) is 6.21 Å². The van der Waals surface area contributed by atoms with E-state index in [0.717, 1.165) is 10.8 Å². The van der Waals surface area contributed by atoms with Crippen LogP contribution in [0.5, 0.6) is 5.75 Å². The molecule has 0 aliphatic heterocycles. The van der Waals surface area contributed by atoms with Crippen molar-refractivity contribution in [3.05, 3.63) is 64.1 Å². The van der Waals surface area contributed by atoms with E-state index in [2.05, 4.69) is 20.5 Å². The number of hydrogen-bond acceptors (Lipinski definition) is 5. The molecule has 1 aromatic heterocycles. The molecule has 0 aliphatic rings. The minimum atomic E-state index is -0.252. The van der Waals surface area contributed by atoms with Crippen LogP contribution in [0.1, 0.15) is 11.3 Å². The van der Waals surface area contributed by atoms with Gasteiger partial charge >= 0.3 is 0 Å². The zero-order chi connectivity index (χ0) is 15.5. The molecule has 2 aromatic carbocycles. The van der Waals surface area contributed by atoms with E-state index in [4.69, 9.17) is 0 Å². The second-order valence-electron chi connectivity index (χ2n) is 4.82. The molecule has 0 saturated heterocycles. The first-order chi connectivity index (χ1) is 10.6. The standard InChI is InChI=1S/C16H14N4O2/c1-10-8-15(22)19-16(18-10)20-17-9-13-12-5-3-2-4-11(12)6-7-14(13)21/h2-9,21H,1H3,(H2,18,19,20,22)/b17-9+. The Kier molecular flexibility index (Phi) is 3.57. The van der Waals surface area contributed by atoms with Gasteiger partial charge in [0.2, 0.25) is 5.95 Å². The summed E-state index contributed by atoms with van der Waals surface area (Å²) in [7, 11) is 0. The number of phenolic OH excluding ortho intramolecular Hbond substituents is 1. The van der Waals surface area contributed by atoms with E-state index >= 15 is 0 Å². The molecule has 0 amide bonds. The number of hydrazone groups is 1. The fraction of sp³-hybridized carbons (Fsp3) is 0.0625. The van der Waals surface area contributed by atoms with Gasteiger partial charge in [0.25, 0.3) is 5.56 Å². The van der Waals surface area contributed by atoms with Crippen LogP contribution in [0.2, 0.25) is 0 Å². The number of aromatic hydroxyl groups is 1. The highest BCUT2D eigenvalue weighted by Gasteiger charge is 2.04. The van der Waals surface area contributed by atoms with E-state index in [1.165, 1.54) is 12.3 Å². The van der Waals surface area contributed by atoms with Crippen molar-refractivity contribution in [2.45, 2.75) is 6.92 Å². The van der Waals surface area contributed by atoms with Crippen molar-refractivity contribution < 1.29 is 5.11 Å². The summed E-state index contributed by atoms with van der Waals surface area (Å²) >= 11 is 0. The Morgan fingerprint density at radius 2 is 2.09 bits per heavy atom. The summed E-state index contributed by atoms with van der Waals surface area (Å²) in [5.41, 5.74) is 3.60. The fourth-order valence-corrected chi connectivity index (χ4v) is 2.21. The van der Waals surface area contributed by atoms with Crippen molar-refractivity contribution in [3.63, 3.8) is 0 Å². The number of anilines is 1. The summed E-state index contributed by atoms with van der Waals surface area (Å²) in [4.78, 5) is 18.0. The molecule has 0 atom stereocenters. The lowest BCUT2D eigenvalue weighted by Crippen LogP contribution is -2.10. The highest BCUT2D eigenvalue weighted by Crippen LogP contribution is 2.25. The topological polar surface area (TPSA) is 90.4 Å². The summed E-state index contributed by atoms with van der Waals surface area (Å²) in [5.74, 6) is 0.385. The molecule has 3 N–H and O–H groups in total. The maximum atomic E-state index is 11.3. The molecule has 1 heterocycles. The van der Waals surface area contributed by atoms with Gasteiger partial charge in [-0.15, -0.1) is 0 Å². The van der Waals surface area contributed by atoms with Gasteiger partial charge in [-0.3, -0.25) is 9.78 Å². The quantitative estimate of drug-likeness (QED) is 0.511. The first kappa shape index (κ1) is 13.8. The van der Waals surface area contributed by atoms with Gasteiger partial charge in [-0.05, 0) is 23.8 Å². The number of fused-ring (bicyclic) bond motifs is 1. The SMILES string of the molecule is Cc1cc(=O)[nH]c(N/N=C/c2c(O)ccc3ccccc23)n1. The highest BCUT2D eigenvalue weighted by molar-refractivity contribution is 6.02. The van der Waals surface area contributed by atoms with Crippen molar-refractivity contribution in [1.29, 1.82) is 0 Å². The molecular weight excluding hydrogens is 280 g/mol. The smallest absolute Gasteiger partial charge is 0.252 e. The van der Waals surface area contributed by atoms with Gasteiger partial charge in [0.1, 0.15) is 5.75 Å². The Morgan fingerprint density at radius 1 is 1.27 bits per heavy atom. The molecule has 3 rings (SSSR count). The second-order valence-corrected chi connectivity index (χ2v) is 4.82. The molecule has 0 fully saturated rings. The first-order valence-corrected chi connectivity index (χ1v) is 6.71. The first-order valence-electron chi connectivity index (χ1n) is 6.71. The van der Waals surface area contributed by atoms with Gasteiger partial charge in [-0.1, -0.05) is 30.3 Å². The third kappa shape index (κ3) is 2.80. The lowest BCUT2D eigenvalue weighted by molar-refractivity contribution is 0.475. The van der Waals surface area contributed by atoms with Gasteiger partial charge < -0.3 is 5.11 Å². The van der Waals surface area contributed by atoms with E-state index in [-0.39, 0.29) is 17.3 Å².